The maximum absolute atomic E-state index is 10.3. The predicted molar refractivity (Wildman–Crippen MR) is 56.2 cm³/mol. The van der Waals surface area contributed by atoms with Crippen molar-refractivity contribution < 1.29 is 9.90 Å². The van der Waals surface area contributed by atoms with Crippen molar-refractivity contribution in [2.45, 2.75) is 32.7 Å². The standard InChI is InChI=1S/C12H15NO2/c1-8-7-10(3-6-12(14)15)9(2)13(8)11-4-5-11/h3,6-7,11H,4-5H2,1-2H3,(H,14,15)/p-1/b6-3+. The third-order valence-electron chi connectivity index (χ3n) is 2.83. The number of aryl methyl sites for hydroxylation is 1. The van der Waals surface area contributed by atoms with Crippen LogP contribution in [0.25, 0.3) is 6.08 Å². The zero-order valence-corrected chi connectivity index (χ0v) is 8.99. The number of aromatic nitrogens is 1. The van der Waals surface area contributed by atoms with Gasteiger partial charge in [0.25, 0.3) is 0 Å². The summed E-state index contributed by atoms with van der Waals surface area (Å²) in [7, 11) is 0. The van der Waals surface area contributed by atoms with Gasteiger partial charge >= 0.3 is 0 Å². The van der Waals surface area contributed by atoms with Crippen molar-refractivity contribution in [3.8, 4) is 0 Å². The van der Waals surface area contributed by atoms with Crippen molar-refractivity contribution in [2.75, 3.05) is 0 Å². The fourth-order valence-electron chi connectivity index (χ4n) is 2.02. The second kappa shape index (κ2) is 3.57. The summed E-state index contributed by atoms with van der Waals surface area (Å²) in [6, 6.07) is 2.66. The fourth-order valence-corrected chi connectivity index (χ4v) is 2.02. The third kappa shape index (κ3) is 1.96. The Kier molecular flexibility index (Phi) is 2.39. The van der Waals surface area contributed by atoms with E-state index in [1.807, 2.05) is 13.0 Å². The molecule has 0 radical (unpaired) electrons. The molecule has 1 saturated carbocycles. The molecule has 0 atom stereocenters. The van der Waals surface area contributed by atoms with Gasteiger partial charge in [0.15, 0.2) is 0 Å². The molecular weight excluding hydrogens is 190 g/mol. The Bertz CT molecular complexity index is 425. The molecule has 0 saturated heterocycles. The van der Waals surface area contributed by atoms with Crippen LogP contribution in [0.2, 0.25) is 0 Å². The number of nitrogens with zero attached hydrogens (tertiary/aromatic N) is 1. The first-order valence-corrected chi connectivity index (χ1v) is 5.17. The summed E-state index contributed by atoms with van der Waals surface area (Å²) in [6.45, 7) is 4.09. The van der Waals surface area contributed by atoms with Crippen LogP contribution in [0.1, 0.15) is 35.8 Å². The van der Waals surface area contributed by atoms with E-state index in [1.165, 1.54) is 18.5 Å². The molecule has 2 rings (SSSR count). The Morgan fingerprint density at radius 3 is 2.73 bits per heavy atom. The van der Waals surface area contributed by atoms with Crippen molar-refractivity contribution in [2.24, 2.45) is 0 Å². The van der Waals surface area contributed by atoms with E-state index in [0.717, 1.165) is 17.3 Å². The molecule has 1 aromatic rings. The maximum atomic E-state index is 10.3. The van der Waals surface area contributed by atoms with Crippen LogP contribution in [0.5, 0.6) is 0 Å². The number of carbonyl (C=O) groups is 1. The van der Waals surface area contributed by atoms with Crippen molar-refractivity contribution >= 4 is 12.0 Å². The summed E-state index contributed by atoms with van der Waals surface area (Å²) in [6.07, 6.45) is 5.16. The second-order valence-corrected chi connectivity index (χ2v) is 4.08. The van der Waals surface area contributed by atoms with Gasteiger partial charge in [-0.05, 0) is 44.4 Å². The van der Waals surface area contributed by atoms with Crippen LogP contribution in [-0.2, 0) is 4.79 Å². The molecule has 0 aromatic carbocycles. The largest absolute Gasteiger partial charge is 0.545 e. The predicted octanol–water partition coefficient (Wildman–Crippen LogP) is 1.20. The molecule has 0 amide bonds. The molecule has 3 heteroatoms. The summed E-state index contributed by atoms with van der Waals surface area (Å²) in [5.41, 5.74) is 3.32. The highest BCUT2D eigenvalue weighted by Gasteiger charge is 2.26. The van der Waals surface area contributed by atoms with Crippen molar-refractivity contribution in [1.29, 1.82) is 0 Å². The van der Waals surface area contributed by atoms with Gasteiger partial charge in [0.2, 0.25) is 0 Å². The second-order valence-electron chi connectivity index (χ2n) is 4.08. The van der Waals surface area contributed by atoms with Crippen LogP contribution >= 0.6 is 0 Å². The molecule has 15 heavy (non-hydrogen) atoms. The van der Waals surface area contributed by atoms with E-state index in [1.54, 1.807) is 6.08 Å². The van der Waals surface area contributed by atoms with Gasteiger partial charge in [-0.15, -0.1) is 0 Å². The van der Waals surface area contributed by atoms with Crippen LogP contribution < -0.4 is 5.11 Å². The molecule has 0 aliphatic heterocycles. The molecule has 0 unspecified atom stereocenters. The van der Waals surface area contributed by atoms with Crippen LogP contribution in [0, 0.1) is 13.8 Å². The van der Waals surface area contributed by atoms with Gasteiger partial charge in [-0.3, -0.25) is 0 Å². The lowest BCUT2D eigenvalue weighted by atomic mass is 10.2. The van der Waals surface area contributed by atoms with Gasteiger partial charge in [-0.1, -0.05) is 6.08 Å². The lowest BCUT2D eigenvalue weighted by Gasteiger charge is -2.06. The van der Waals surface area contributed by atoms with Crippen LogP contribution in [0.15, 0.2) is 12.1 Å². The normalized spacial score (nSPS) is 16.1. The Morgan fingerprint density at radius 2 is 2.20 bits per heavy atom. The van der Waals surface area contributed by atoms with E-state index >= 15 is 0 Å². The molecule has 1 heterocycles. The van der Waals surface area contributed by atoms with Crippen molar-refractivity contribution in [1.82, 2.24) is 4.57 Å². The number of carboxylic acids is 1. The average molecular weight is 204 g/mol. The van der Waals surface area contributed by atoms with E-state index in [4.69, 9.17) is 0 Å². The van der Waals surface area contributed by atoms with E-state index in [-0.39, 0.29) is 0 Å². The highest BCUT2D eigenvalue weighted by molar-refractivity contribution is 5.83. The summed E-state index contributed by atoms with van der Waals surface area (Å²) in [4.78, 5) is 10.3. The smallest absolute Gasteiger partial charge is 0.0643 e. The molecular formula is C12H14NO2-. The average Bonchev–Trinajstić information content (AvgIpc) is 2.92. The summed E-state index contributed by atoms with van der Waals surface area (Å²) in [5, 5.41) is 10.3. The third-order valence-corrected chi connectivity index (χ3v) is 2.83. The van der Waals surface area contributed by atoms with Gasteiger partial charge < -0.3 is 14.5 Å². The zero-order valence-electron chi connectivity index (χ0n) is 8.99. The highest BCUT2D eigenvalue weighted by Crippen LogP contribution is 2.38. The van der Waals surface area contributed by atoms with Gasteiger partial charge in [0.1, 0.15) is 0 Å². The quantitative estimate of drug-likeness (QED) is 0.694. The lowest BCUT2D eigenvalue weighted by Crippen LogP contribution is -2.18. The number of carbonyl (C=O) groups excluding carboxylic acids is 1. The van der Waals surface area contributed by atoms with Crippen molar-refractivity contribution in [3.05, 3.63) is 29.1 Å². The Morgan fingerprint density at radius 1 is 1.53 bits per heavy atom. The molecule has 0 bridgehead atoms. The number of aliphatic carboxylic acids is 1. The SMILES string of the molecule is Cc1cc(/C=C/C(=O)[O-])c(C)n1C1CC1. The maximum Gasteiger partial charge on any atom is 0.0643 e. The van der Waals surface area contributed by atoms with E-state index in [2.05, 4.69) is 11.5 Å². The summed E-state index contributed by atoms with van der Waals surface area (Å²) < 4.78 is 2.29. The number of carboxylic acid groups (broad SMARTS) is 1. The van der Waals surface area contributed by atoms with Gasteiger partial charge in [0.05, 0.1) is 5.97 Å². The minimum Gasteiger partial charge on any atom is -0.545 e. The summed E-state index contributed by atoms with van der Waals surface area (Å²) >= 11 is 0. The Labute approximate surface area is 89.0 Å². The molecule has 0 N–H and O–H groups in total. The highest BCUT2D eigenvalue weighted by atomic mass is 16.4. The van der Waals surface area contributed by atoms with Crippen molar-refractivity contribution in [3.63, 3.8) is 0 Å². The number of hydrogen-bond acceptors (Lipinski definition) is 2. The molecule has 80 valence electrons. The molecule has 1 aliphatic carbocycles. The van der Waals surface area contributed by atoms with Gasteiger partial charge in [-0.2, -0.15) is 0 Å². The number of rotatable bonds is 3. The first kappa shape index (κ1) is 10.0. The molecule has 1 aliphatic rings. The fraction of sp³-hybridized carbons (Fsp3) is 0.417. The van der Waals surface area contributed by atoms with E-state index < -0.39 is 5.97 Å². The van der Waals surface area contributed by atoms with E-state index in [0.29, 0.717) is 6.04 Å². The molecule has 1 aromatic heterocycles. The topological polar surface area (TPSA) is 45.1 Å². The monoisotopic (exact) mass is 204 g/mol. The zero-order chi connectivity index (χ0) is 11.0. The minimum atomic E-state index is -1.15. The van der Waals surface area contributed by atoms with Crippen LogP contribution in [-0.4, -0.2) is 10.5 Å². The van der Waals surface area contributed by atoms with Gasteiger partial charge in [0, 0.05) is 17.4 Å². The molecule has 1 fully saturated rings. The van der Waals surface area contributed by atoms with Gasteiger partial charge in [-0.25, -0.2) is 0 Å². The first-order valence-electron chi connectivity index (χ1n) is 5.17. The van der Waals surface area contributed by atoms with E-state index in [9.17, 15) is 9.90 Å². The Hall–Kier alpha value is -1.51. The van der Waals surface area contributed by atoms with Crippen LogP contribution in [0.3, 0.4) is 0 Å². The molecule has 3 nitrogen and oxygen atoms in total. The number of hydrogen-bond donors (Lipinski definition) is 0. The minimum absolute atomic E-state index is 0.634. The Balaban J connectivity index is 2.32. The molecule has 0 spiro atoms. The summed E-state index contributed by atoms with van der Waals surface area (Å²) in [5.74, 6) is -1.15. The first-order chi connectivity index (χ1) is 7.09. The lowest BCUT2D eigenvalue weighted by molar-refractivity contribution is -0.297. The van der Waals surface area contributed by atoms with Crippen LogP contribution in [0.4, 0.5) is 0 Å².